The number of ether oxygens (including phenoxy) is 2. The van der Waals surface area contributed by atoms with Crippen LogP contribution in [0.3, 0.4) is 0 Å². The van der Waals surface area contributed by atoms with Crippen molar-refractivity contribution in [1.82, 2.24) is 0 Å². The van der Waals surface area contributed by atoms with Crippen LogP contribution in [0.15, 0.2) is 18.2 Å². The van der Waals surface area contributed by atoms with Gasteiger partial charge in [-0.1, -0.05) is 32.9 Å². The molecule has 0 aliphatic heterocycles. The topological polar surface area (TPSA) is 52.6 Å². The Hall–Kier alpha value is -1.84. The van der Waals surface area contributed by atoms with Gasteiger partial charge in [-0.25, -0.2) is 0 Å². The second-order valence-corrected chi connectivity index (χ2v) is 6.04. The molecule has 0 aliphatic rings. The molecule has 0 aromatic heterocycles. The summed E-state index contributed by atoms with van der Waals surface area (Å²) >= 11 is 0. The number of esters is 1. The Kier molecular flexibility index (Phi) is 5.94. The van der Waals surface area contributed by atoms with Crippen LogP contribution in [0.25, 0.3) is 0 Å². The quantitative estimate of drug-likeness (QED) is 0.597. The summed E-state index contributed by atoms with van der Waals surface area (Å²) < 4.78 is 10.2. The Morgan fingerprint density at radius 3 is 2.38 bits per heavy atom. The molecule has 1 aromatic rings. The molecule has 1 rings (SSSR count). The van der Waals surface area contributed by atoms with Gasteiger partial charge >= 0.3 is 5.97 Å². The Morgan fingerprint density at radius 2 is 1.86 bits per heavy atom. The Morgan fingerprint density at radius 1 is 1.19 bits per heavy atom. The Labute approximate surface area is 126 Å². The van der Waals surface area contributed by atoms with Crippen molar-refractivity contribution in [3.63, 3.8) is 0 Å². The number of hydrogen-bond donors (Lipinski definition) is 0. The molecule has 0 radical (unpaired) electrons. The summed E-state index contributed by atoms with van der Waals surface area (Å²) in [5.41, 5.74) is 2.26. The van der Waals surface area contributed by atoms with Gasteiger partial charge in [0.2, 0.25) is 0 Å². The van der Waals surface area contributed by atoms with Crippen LogP contribution >= 0.6 is 0 Å². The van der Waals surface area contributed by atoms with Gasteiger partial charge in [0.15, 0.2) is 5.78 Å². The number of carbonyl (C=O) groups excluding carboxylic acids is 2. The van der Waals surface area contributed by atoms with E-state index < -0.39 is 5.97 Å². The molecule has 0 saturated carbocycles. The third kappa shape index (κ3) is 5.58. The van der Waals surface area contributed by atoms with Crippen molar-refractivity contribution < 1.29 is 19.1 Å². The summed E-state index contributed by atoms with van der Waals surface area (Å²) in [6, 6.07) is 5.93. The van der Waals surface area contributed by atoms with Crippen molar-refractivity contribution in [2.24, 2.45) is 0 Å². The Balaban J connectivity index is 2.60. The summed E-state index contributed by atoms with van der Waals surface area (Å²) in [7, 11) is 0. The molecule has 0 unspecified atom stereocenters. The van der Waals surface area contributed by atoms with Crippen molar-refractivity contribution in [1.29, 1.82) is 0 Å². The third-order valence-electron chi connectivity index (χ3n) is 3.08. The highest BCUT2D eigenvalue weighted by molar-refractivity contribution is 5.96. The maximum absolute atomic E-state index is 11.6. The minimum absolute atomic E-state index is 0.0724. The molecule has 0 fully saturated rings. The van der Waals surface area contributed by atoms with Crippen molar-refractivity contribution >= 4 is 11.8 Å². The lowest BCUT2D eigenvalue weighted by Crippen LogP contribution is -2.18. The highest BCUT2D eigenvalue weighted by Gasteiger charge is 2.16. The smallest absolute Gasteiger partial charge is 0.313 e. The fourth-order valence-corrected chi connectivity index (χ4v) is 1.86. The summed E-state index contributed by atoms with van der Waals surface area (Å²) in [6.07, 6.45) is -0.243. The van der Waals surface area contributed by atoms with E-state index in [9.17, 15) is 9.59 Å². The predicted octanol–water partition coefficient (Wildman–Crippen LogP) is 3.19. The first kappa shape index (κ1) is 17.2. The van der Waals surface area contributed by atoms with E-state index in [2.05, 4.69) is 26.8 Å². The van der Waals surface area contributed by atoms with Gasteiger partial charge in [0.05, 0.1) is 6.61 Å². The fourth-order valence-electron chi connectivity index (χ4n) is 1.86. The van der Waals surface area contributed by atoms with Crippen molar-refractivity contribution in [3.8, 4) is 5.75 Å². The third-order valence-corrected chi connectivity index (χ3v) is 3.08. The number of rotatable bonds is 6. The molecule has 1 aromatic carbocycles. The lowest BCUT2D eigenvalue weighted by molar-refractivity contribution is -0.145. The molecule has 21 heavy (non-hydrogen) atoms. The molecule has 0 atom stereocenters. The number of Topliss-reactive ketones (excluding diaryl/α,β-unsaturated/α-hetero) is 1. The minimum Gasteiger partial charge on any atom is -0.486 e. The van der Waals surface area contributed by atoms with Crippen LogP contribution in [0.4, 0.5) is 0 Å². The van der Waals surface area contributed by atoms with E-state index in [4.69, 9.17) is 9.47 Å². The molecule has 4 nitrogen and oxygen atoms in total. The van der Waals surface area contributed by atoms with E-state index in [1.807, 2.05) is 19.1 Å². The largest absolute Gasteiger partial charge is 0.486 e. The molecule has 4 heteroatoms. The predicted molar refractivity (Wildman–Crippen MR) is 81.6 cm³/mol. The summed E-state index contributed by atoms with van der Waals surface area (Å²) in [6.45, 7) is 10.2. The molecule has 0 saturated heterocycles. The van der Waals surface area contributed by atoms with Gasteiger partial charge in [0, 0.05) is 0 Å². The van der Waals surface area contributed by atoms with Gasteiger partial charge in [0.25, 0.3) is 0 Å². The zero-order valence-corrected chi connectivity index (χ0v) is 13.5. The van der Waals surface area contributed by atoms with Crippen LogP contribution in [-0.4, -0.2) is 25.0 Å². The summed E-state index contributed by atoms with van der Waals surface area (Å²) in [5, 5.41) is 0. The molecule has 0 spiro atoms. The van der Waals surface area contributed by atoms with Gasteiger partial charge in [-0.2, -0.15) is 0 Å². The highest BCUT2D eigenvalue weighted by atomic mass is 16.5. The van der Waals surface area contributed by atoms with E-state index in [1.165, 1.54) is 5.56 Å². The first-order chi connectivity index (χ1) is 9.74. The van der Waals surface area contributed by atoms with Crippen LogP contribution in [0, 0.1) is 6.92 Å². The number of aryl methyl sites for hydroxylation is 1. The molecule has 0 bridgehead atoms. The number of ketones is 1. The Bertz CT molecular complexity index is 512. The summed E-state index contributed by atoms with van der Waals surface area (Å²) in [5.74, 6) is -0.126. The van der Waals surface area contributed by atoms with E-state index in [0.29, 0.717) is 5.75 Å². The van der Waals surface area contributed by atoms with E-state index in [1.54, 1.807) is 6.92 Å². The second-order valence-electron chi connectivity index (χ2n) is 6.04. The molecule has 0 heterocycles. The number of benzene rings is 1. The van der Waals surface area contributed by atoms with E-state index >= 15 is 0 Å². The zero-order valence-electron chi connectivity index (χ0n) is 13.5. The number of carbonyl (C=O) groups is 2. The first-order valence-electron chi connectivity index (χ1n) is 7.15. The van der Waals surface area contributed by atoms with Crippen LogP contribution in [0.2, 0.25) is 0 Å². The summed E-state index contributed by atoms with van der Waals surface area (Å²) in [4.78, 5) is 22.8. The molecule has 0 N–H and O–H groups in total. The van der Waals surface area contributed by atoms with Crippen LogP contribution in [0.1, 0.15) is 45.2 Å². The highest BCUT2D eigenvalue weighted by Crippen LogP contribution is 2.27. The molecule has 116 valence electrons. The van der Waals surface area contributed by atoms with Gasteiger partial charge in [-0.05, 0) is 36.5 Å². The van der Waals surface area contributed by atoms with E-state index in [-0.39, 0.29) is 30.8 Å². The van der Waals surface area contributed by atoms with Crippen LogP contribution in [0.5, 0.6) is 5.75 Å². The van der Waals surface area contributed by atoms with Gasteiger partial charge in [-0.15, -0.1) is 0 Å². The first-order valence-corrected chi connectivity index (χ1v) is 7.15. The SMILES string of the molecule is CCOC(=O)CC(=O)COc1ccc(C(C)(C)C)cc1C. The van der Waals surface area contributed by atoms with Crippen molar-refractivity contribution in [2.45, 2.75) is 46.5 Å². The lowest BCUT2D eigenvalue weighted by atomic mass is 9.86. The van der Waals surface area contributed by atoms with Crippen LogP contribution < -0.4 is 4.74 Å². The normalized spacial score (nSPS) is 11.1. The average molecular weight is 292 g/mol. The van der Waals surface area contributed by atoms with Crippen molar-refractivity contribution in [2.75, 3.05) is 13.2 Å². The van der Waals surface area contributed by atoms with Gasteiger partial charge in [0.1, 0.15) is 18.8 Å². The monoisotopic (exact) mass is 292 g/mol. The fraction of sp³-hybridized carbons (Fsp3) is 0.529. The molecule has 0 aliphatic carbocycles. The molecule has 0 amide bonds. The van der Waals surface area contributed by atoms with Crippen LogP contribution in [-0.2, 0) is 19.7 Å². The minimum atomic E-state index is -0.508. The maximum Gasteiger partial charge on any atom is 0.313 e. The molecular formula is C17H24O4. The van der Waals surface area contributed by atoms with E-state index in [0.717, 1.165) is 5.56 Å². The van der Waals surface area contributed by atoms with Crippen molar-refractivity contribution in [3.05, 3.63) is 29.3 Å². The molecular weight excluding hydrogens is 268 g/mol. The maximum atomic E-state index is 11.6. The second kappa shape index (κ2) is 7.25. The van der Waals surface area contributed by atoms with Gasteiger partial charge < -0.3 is 9.47 Å². The van der Waals surface area contributed by atoms with Gasteiger partial charge in [-0.3, -0.25) is 9.59 Å². The zero-order chi connectivity index (χ0) is 16.0. The number of hydrogen-bond acceptors (Lipinski definition) is 4. The standard InChI is InChI=1S/C17H24O4/c1-6-20-16(19)10-14(18)11-21-15-8-7-13(9-12(15)2)17(3,4)5/h7-9H,6,10-11H2,1-5H3. The lowest BCUT2D eigenvalue weighted by Gasteiger charge is -2.20. The average Bonchev–Trinajstić information content (AvgIpc) is 2.36.